The minimum atomic E-state index is -0.409. The molecule has 2 atom stereocenters. The molecule has 0 spiro atoms. The van der Waals surface area contributed by atoms with Crippen molar-refractivity contribution >= 4 is 0 Å². The molecule has 0 aromatic heterocycles. The molecule has 0 saturated carbocycles. The van der Waals surface area contributed by atoms with Crippen molar-refractivity contribution in [2.45, 2.75) is 19.1 Å². The molecular weight excluding hydrogens is 248 g/mol. The monoisotopic (exact) mass is 278 g/mol. The lowest BCUT2D eigenvalue weighted by Gasteiger charge is -2.30. The van der Waals surface area contributed by atoms with Crippen molar-refractivity contribution in [3.63, 3.8) is 0 Å². The van der Waals surface area contributed by atoms with Gasteiger partial charge in [-0.1, -0.05) is 0 Å². The van der Waals surface area contributed by atoms with Gasteiger partial charge in [0.1, 0.15) is 0 Å². The van der Waals surface area contributed by atoms with Crippen molar-refractivity contribution in [2.75, 3.05) is 67.3 Å². The van der Waals surface area contributed by atoms with E-state index in [0.29, 0.717) is 32.9 Å². The maximum atomic E-state index is 10.0. The third-order valence-corrected chi connectivity index (χ3v) is 2.92. The van der Waals surface area contributed by atoms with Crippen LogP contribution in [0.25, 0.3) is 0 Å². The molecule has 0 aliphatic heterocycles. The van der Waals surface area contributed by atoms with Gasteiger partial charge < -0.3 is 24.6 Å². The van der Waals surface area contributed by atoms with E-state index >= 15 is 0 Å². The highest BCUT2D eigenvalue weighted by Gasteiger charge is 2.17. The number of rotatable bonds is 13. The van der Waals surface area contributed by atoms with E-state index in [-0.39, 0.29) is 6.04 Å². The molecular formula is C13H30N2O4. The topological polar surface area (TPSA) is 63.2 Å². The summed E-state index contributed by atoms with van der Waals surface area (Å²) in [5.41, 5.74) is 0. The van der Waals surface area contributed by atoms with E-state index in [9.17, 15) is 5.11 Å². The van der Waals surface area contributed by atoms with Crippen LogP contribution in [-0.2, 0) is 14.2 Å². The number of hydrogen-bond acceptors (Lipinski definition) is 6. The summed E-state index contributed by atoms with van der Waals surface area (Å²) in [5, 5.41) is 13.2. The summed E-state index contributed by atoms with van der Waals surface area (Å²) in [7, 11) is 5.03. The number of methoxy groups -OCH3 is 3. The van der Waals surface area contributed by atoms with Crippen LogP contribution in [0.1, 0.15) is 6.92 Å². The Kier molecular flexibility index (Phi) is 12.6. The van der Waals surface area contributed by atoms with E-state index in [1.807, 2.05) is 0 Å². The summed E-state index contributed by atoms with van der Waals surface area (Å²) in [6.45, 7) is 6.74. The van der Waals surface area contributed by atoms with Crippen molar-refractivity contribution in [2.24, 2.45) is 0 Å². The second-order valence-corrected chi connectivity index (χ2v) is 4.64. The van der Waals surface area contributed by atoms with Crippen LogP contribution in [0.2, 0.25) is 0 Å². The Morgan fingerprint density at radius 3 is 2.37 bits per heavy atom. The molecule has 2 unspecified atom stereocenters. The predicted molar refractivity (Wildman–Crippen MR) is 75.5 cm³/mol. The molecule has 0 saturated heterocycles. The average Bonchev–Trinajstić information content (AvgIpc) is 2.39. The molecule has 0 bridgehead atoms. The Bertz CT molecular complexity index is 195. The molecule has 6 heteroatoms. The molecule has 0 aromatic rings. The van der Waals surface area contributed by atoms with Gasteiger partial charge in [0.05, 0.1) is 25.9 Å². The van der Waals surface area contributed by atoms with E-state index in [1.54, 1.807) is 21.3 Å². The van der Waals surface area contributed by atoms with Gasteiger partial charge in [0, 0.05) is 53.6 Å². The average molecular weight is 278 g/mol. The van der Waals surface area contributed by atoms with Gasteiger partial charge in [-0.15, -0.1) is 0 Å². The highest BCUT2D eigenvalue weighted by Crippen LogP contribution is 2.01. The van der Waals surface area contributed by atoms with E-state index in [4.69, 9.17) is 14.2 Å². The van der Waals surface area contributed by atoms with Crippen LogP contribution >= 0.6 is 0 Å². The van der Waals surface area contributed by atoms with Gasteiger partial charge in [-0.05, 0) is 6.92 Å². The first-order valence-electron chi connectivity index (χ1n) is 6.75. The van der Waals surface area contributed by atoms with E-state index in [1.165, 1.54) is 0 Å². The minimum absolute atomic E-state index is 0.258. The second-order valence-electron chi connectivity index (χ2n) is 4.64. The van der Waals surface area contributed by atoms with Crippen molar-refractivity contribution in [1.29, 1.82) is 0 Å². The summed E-state index contributed by atoms with van der Waals surface area (Å²) < 4.78 is 15.2. The first-order chi connectivity index (χ1) is 9.15. The fourth-order valence-corrected chi connectivity index (χ4v) is 1.82. The lowest BCUT2D eigenvalue weighted by Crippen LogP contribution is -2.45. The van der Waals surface area contributed by atoms with Crippen LogP contribution in [0, 0.1) is 0 Å². The lowest BCUT2D eigenvalue weighted by atomic mass is 10.2. The van der Waals surface area contributed by atoms with Crippen LogP contribution in [-0.4, -0.2) is 89.5 Å². The first-order valence-corrected chi connectivity index (χ1v) is 6.75. The normalized spacial score (nSPS) is 14.8. The van der Waals surface area contributed by atoms with Crippen LogP contribution in [0.4, 0.5) is 0 Å². The Balaban J connectivity index is 3.99. The zero-order valence-electron chi connectivity index (χ0n) is 12.7. The highest BCUT2D eigenvalue weighted by atomic mass is 16.5. The van der Waals surface area contributed by atoms with Gasteiger partial charge in [0.25, 0.3) is 0 Å². The fourth-order valence-electron chi connectivity index (χ4n) is 1.82. The number of nitrogens with zero attached hydrogens (tertiary/aromatic N) is 1. The third kappa shape index (κ3) is 10.2. The van der Waals surface area contributed by atoms with E-state index in [2.05, 4.69) is 17.1 Å². The largest absolute Gasteiger partial charge is 0.390 e. The summed E-state index contributed by atoms with van der Waals surface area (Å²) in [6, 6.07) is 0.258. The Morgan fingerprint density at radius 2 is 1.79 bits per heavy atom. The Morgan fingerprint density at radius 1 is 1.11 bits per heavy atom. The standard InChI is InChI=1S/C13H30N2O4/c1-12(11-19-4)15(6-8-18-3)10-13(16)9-14-5-7-17-2/h12-14,16H,5-11H2,1-4H3. The predicted octanol–water partition coefficient (Wildman–Crippen LogP) is -0.433. The van der Waals surface area contributed by atoms with E-state index in [0.717, 1.165) is 13.1 Å². The lowest BCUT2D eigenvalue weighted by molar-refractivity contribution is 0.0387. The maximum Gasteiger partial charge on any atom is 0.0791 e. The van der Waals surface area contributed by atoms with Crippen molar-refractivity contribution in [3.05, 3.63) is 0 Å². The van der Waals surface area contributed by atoms with Gasteiger partial charge in [-0.25, -0.2) is 0 Å². The minimum Gasteiger partial charge on any atom is -0.390 e. The van der Waals surface area contributed by atoms with Gasteiger partial charge in [-0.3, -0.25) is 4.90 Å². The van der Waals surface area contributed by atoms with Crippen LogP contribution in [0.3, 0.4) is 0 Å². The zero-order chi connectivity index (χ0) is 14.5. The van der Waals surface area contributed by atoms with Gasteiger partial charge in [0.15, 0.2) is 0 Å². The van der Waals surface area contributed by atoms with Crippen LogP contribution < -0.4 is 5.32 Å². The molecule has 0 rings (SSSR count). The SMILES string of the molecule is COCCNCC(O)CN(CCOC)C(C)COC. The molecule has 0 aliphatic carbocycles. The number of nitrogens with one attached hydrogen (secondary N) is 1. The first kappa shape index (κ1) is 18.8. The highest BCUT2D eigenvalue weighted by molar-refractivity contribution is 4.72. The van der Waals surface area contributed by atoms with Crippen LogP contribution in [0.5, 0.6) is 0 Å². The quantitative estimate of drug-likeness (QED) is 0.446. The smallest absolute Gasteiger partial charge is 0.0791 e. The summed E-state index contributed by atoms with van der Waals surface area (Å²) in [5.74, 6) is 0. The zero-order valence-corrected chi connectivity index (χ0v) is 12.7. The molecule has 0 amide bonds. The van der Waals surface area contributed by atoms with E-state index < -0.39 is 6.10 Å². The fraction of sp³-hybridized carbons (Fsp3) is 1.00. The third-order valence-electron chi connectivity index (χ3n) is 2.92. The van der Waals surface area contributed by atoms with Gasteiger partial charge in [0.2, 0.25) is 0 Å². The van der Waals surface area contributed by atoms with Crippen molar-refractivity contribution in [3.8, 4) is 0 Å². The summed E-state index contributed by atoms with van der Waals surface area (Å²) in [6.07, 6.45) is -0.409. The van der Waals surface area contributed by atoms with Crippen molar-refractivity contribution in [1.82, 2.24) is 10.2 Å². The summed E-state index contributed by atoms with van der Waals surface area (Å²) >= 11 is 0. The molecule has 0 heterocycles. The molecule has 0 fully saturated rings. The molecule has 116 valence electrons. The van der Waals surface area contributed by atoms with Gasteiger partial charge >= 0.3 is 0 Å². The molecule has 2 N–H and O–H groups in total. The molecule has 0 aliphatic rings. The number of aliphatic hydroxyl groups excluding tert-OH is 1. The number of ether oxygens (including phenoxy) is 3. The molecule has 0 aromatic carbocycles. The Hall–Kier alpha value is -0.240. The molecule has 6 nitrogen and oxygen atoms in total. The molecule has 19 heavy (non-hydrogen) atoms. The van der Waals surface area contributed by atoms with Crippen molar-refractivity contribution < 1.29 is 19.3 Å². The van der Waals surface area contributed by atoms with Gasteiger partial charge in [-0.2, -0.15) is 0 Å². The maximum absolute atomic E-state index is 10.0. The number of aliphatic hydroxyl groups is 1. The summed E-state index contributed by atoms with van der Waals surface area (Å²) in [4.78, 5) is 2.18. The Labute approximate surface area is 117 Å². The van der Waals surface area contributed by atoms with Crippen LogP contribution in [0.15, 0.2) is 0 Å². The molecule has 0 radical (unpaired) electrons. The second kappa shape index (κ2) is 12.8. The number of hydrogen-bond donors (Lipinski definition) is 2.